The molecule has 202 valence electrons. The van der Waals surface area contributed by atoms with Crippen molar-refractivity contribution in [3.05, 3.63) is 0 Å². The first-order valence-electron chi connectivity index (χ1n) is 13.0. The van der Waals surface area contributed by atoms with Crippen molar-refractivity contribution in [2.24, 2.45) is 34.5 Å². The second-order valence-corrected chi connectivity index (χ2v) is 13.2. The number of rotatable bonds is 9. The maximum absolute atomic E-state index is 13.8. The molecule has 3 fully saturated rings. The van der Waals surface area contributed by atoms with Crippen LogP contribution in [0.4, 0.5) is 0 Å². The molecule has 3 N–H and O–H groups in total. The van der Waals surface area contributed by atoms with Crippen molar-refractivity contribution >= 4 is 41.4 Å². The van der Waals surface area contributed by atoms with Gasteiger partial charge in [0.1, 0.15) is 12.1 Å². The number of amides is 4. The molecular weight excluding hydrogens is 480 g/mol. The molecule has 4 amide bonds. The molecule has 0 aromatic carbocycles. The van der Waals surface area contributed by atoms with Gasteiger partial charge in [-0.25, -0.2) is 0 Å². The van der Waals surface area contributed by atoms with E-state index in [9.17, 15) is 24.0 Å². The van der Waals surface area contributed by atoms with E-state index in [-0.39, 0.29) is 53.2 Å². The van der Waals surface area contributed by atoms with Crippen LogP contribution in [0.3, 0.4) is 0 Å². The zero-order chi connectivity index (χ0) is 27.2. The van der Waals surface area contributed by atoms with E-state index in [2.05, 4.69) is 42.4 Å². The predicted octanol–water partition coefficient (Wildman–Crippen LogP) is 1.51. The first kappa shape index (κ1) is 28.5. The Morgan fingerprint density at radius 1 is 1.17 bits per heavy atom. The number of thiol groups is 1. The fourth-order valence-corrected chi connectivity index (χ4v) is 6.02. The number of hydrogen-bond donors (Lipinski definition) is 4. The summed E-state index contributed by atoms with van der Waals surface area (Å²) in [6.07, 6.45) is 1.08. The lowest BCUT2D eigenvalue weighted by Gasteiger charge is -2.38. The summed E-state index contributed by atoms with van der Waals surface area (Å²) in [5, 5.41) is 7.95. The Kier molecular flexibility index (Phi) is 8.18. The van der Waals surface area contributed by atoms with Gasteiger partial charge in [-0.05, 0) is 41.4 Å². The monoisotopic (exact) mass is 522 g/mol. The van der Waals surface area contributed by atoms with Crippen molar-refractivity contribution in [2.75, 3.05) is 13.1 Å². The SMILES string of the molecule is CC(C)CC(=O)N[C@H](C(=O)N1C[C@H]2[C@@H]([C@H]1C(=O)N[C@@H](C[C@@H]1CCNC1=O)C(=O)S)C2(C)C)C(C)(C)C. The summed E-state index contributed by atoms with van der Waals surface area (Å²) < 4.78 is 0. The molecule has 6 atom stereocenters. The van der Waals surface area contributed by atoms with Crippen molar-refractivity contribution in [1.82, 2.24) is 20.9 Å². The summed E-state index contributed by atoms with van der Waals surface area (Å²) in [6.45, 7) is 14.7. The van der Waals surface area contributed by atoms with Gasteiger partial charge in [0.05, 0.1) is 6.04 Å². The lowest BCUT2D eigenvalue weighted by atomic mass is 9.85. The molecule has 0 aromatic rings. The van der Waals surface area contributed by atoms with Crippen molar-refractivity contribution in [3.63, 3.8) is 0 Å². The van der Waals surface area contributed by atoms with Gasteiger partial charge in [0, 0.05) is 25.4 Å². The molecule has 3 rings (SSSR count). The zero-order valence-electron chi connectivity index (χ0n) is 22.5. The maximum atomic E-state index is 13.8. The van der Waals surface area contributed by atoms with Gasteiger partial charge in [-0.1, -0.05) is 48.5 Å². The Hall–Kier alpha value is -2.10. The topological polar surface area (TPSA) is 125 Å². The number of nitrogens with one attached hydrogen (secondary N) is 3. The van der Waals surface area contributed by atoms with Crippen LogP contribution in [0.2, 0.25) is 0 Å². The average Bonchev–Trinajstić information content (AvgIpc) is 3.08. The first-order valence-corrected chi connectivity index (χ1v) is 13.4. The van der Waals surface area contributed by atoms with Gasteiger partial charge in [0.25, 0.3) is 0 Å². The van der Waals surface area contributed by atoms with Gasteiger partial charge in [-0.2, -0.15) is 0 Å². The molecule has 10 heteroatoms. The standard InChI is InChI=1S/C26H42N4O5S/c1-13(2)10-17(31)29-20(25(3,4)5)23(34)30-12-15-18(26(15,6)7)19(30)22(33)28-16(24(35)36)11-14-8-9-27-21(14)32/h13-16,18-20H,8-12H2,1-7H3,(H,27,32)(H,28,33)(H,29,31)(H,35,36)/t14-,15-,16-,18-,19-,20+/m0/s1. The van der Waals surface area contributed by atoms with Crippen LogP contribution in [-0.2, 0) is 24.0 Å². The molecule has 0 spiro atoms. The summed E-state index contributed by atoms with van der Waals surface area (Å²) in [5.74, 6) is -1.11. The number of carbonyl (C=O) groups is 5. The second-order valence-electron chi connectivity index (χ2n) is 12.8. The van der Waals surface area contributed by atoms with E-state index in [1.54, 1.807) is 4.90 Å². The summed E-state index contributed by atoms with van der Waals surface area (Å²) in [4.78, 5) is 65.9. The fraction of sp³-hybridized carbons (Fsp3) is 0.808. The molecule has 9 nitrogen and oxygen atoms in total. The van der Waals surface area contributed by atoms with Crippen molar-refractivity contribution < 1.29 is 24.0 Å². The van der Waals surface area contributed by atoms with E-state index in [1.807, 2.05) is 34.6 Å². The highest BCUT2D eigenvalue weighted by Gasteiger charge is 2.69. The van der Waals surface area contributed by atoms with Crippen LogP contribution in [0.5, 0.6) is 0 Å². The number of nitrogens with zero attached hydrogens (tertiary/aromatic N) is 1. The fourth-order valence-electron chi connectivity index (χ4n) is 5.85. The molecule has 1 saturated carbocycles. The molecule has 3 aliphatic rings. The minimum atomic E-state index is -0.920. The normalized spacial score (nSPS) is 28.2. The third-order valence-corrected chi connectivity index (χ3v) is 8.38. The first-order chi connectivity index (χ1) is 16.6. The molecule has 0 bridgehead atoms. The second kappa shape index (κ2) is 10.3. The van der Waals surface area contributed by atoms with Crippen LogP contribution >= 0.6 is 12.6 Å². The van der Waals surface area contributed by atoms with E-state index in [0.717, 1.165) is 0 Å². The number of carbonyl (C=O) groups excluding carboxylic acids is 5. The minimum absolute atomic E-state index is 0.0427. The number of fused-ring (bicyclic) bond motifs is 1. The smallest absolute Gasteiger partial charge is 0.246 e. The van der Waals surface area contributed by atoms with Crippen LogP contribution in [0, 0.1) is 34.5 Å². The molecule has 0 aromatic heterocycles. The van der Waals surface area contributed by atoms with Crippen LogP contribution in [-0.4, -0.2) is 64.9 Å². The summed E-state index contributed by atoms with van der Waals surface area (Å²) in [5.41, 5.74) is -0.671. The van der Waals surface area contributed by atoms with Crippen LogP contribution in [0.15, 0.2) is 0 Å². The Bertz CT molecular complexity index is 928. The Morgan fingerprint density at radius 2 is 1.81 bits per heavy atom. The molecular formula is C26H42N4O5S. The Morgan fingerprint density at radius 3 is 2.31 bits per heavy atom. The van der Waals surface area contributed by atoms with E-state index in [0.29, 0.717) is 25.9 Å². The quantitative estimate of drug-likeness (QED) is 0.342. The molecule has 2 saturated heterocycles. The van der Waals surface area contributed by atoms with E-state index < -0.39 is 34.6 Å². The van der Waals surface area contributed by atoms with Gasteiger partial charge in [-0.3, -0.25) is 24.0 Å². The van der Waals surface area contributed by atoms with Crippen LogP contribution in [0.1, 0.15) is 67.7 Å². The zero-order valence-corrected chi connectivity index (χ0v) is 23.4. The van der Waals surface area contributed by atoms with E-state index >= 15 is 0 Å². The summed E-state index contributed by atoms with van der Waals surface area (Å²) in [6, 6.07) is -2.46. The van der Waals surface area contributed by atoms with Gasteiger partial charge in [0.15, 0.2) is 0 Å². The van der Waals surface area contributed by atoms with Crippen LogP contribution in [0.25, 0.3) is 0 Å². The third kappa shape index (κ3) is 5.89. The lowest BCUT2D eigenvalue weighted by molar-refractivity contribution is -0.146. The highest BCUT2D eigenvalue weighted by Crippen LogP contribution is 2.65. The van der Waals surface area contributed by atoms with Gasteiger partial charge in [-0.15, -0.1) is 12.6 Å². The predicted molar refractivity (Wildman–Crippen MR) is 139 cm³/mol. The van der Waals surface area contributed by atoms with E-state index in [4.69, 9.17) is 0 Å². The van der Waals surface area contributed by atoms with Gasteiger partial charge in [0.2, 0.25) is 28.7 Å². The van der Waals surface area contributed by atoms with Crippen molar-refractivity contribution in [1.29, 1.82) is 0 Å². The van der Waals surface area contributed by atoms with E-state index in [1.165, 1.54) is 0 Å². The molecule has 2 aliphatic heterocycles. The third-order valence-electron chi connectivity index (χ3n) is 8.07. The molecule has 1 aliphatic carbocycles. The minimum Gasteiger partial charge on any atom is -0.356 e. The molecule has 0 radical (unpaired) electrons. The largest absolute Gasteiger partial charge is 0.356 e. The maximum Gasteiger partial charge on any atom is 0.246 e. The highest BCUT2D eigenvalue weighted by atomic mass is 32.1. The van der Waals surface area contributed by atoms with Gasteiger partial charge < -0.3 is 20.9 Å². The molecule has 0 unspecified atom stereocenters. The van der Waals surface area contributed by atoms with Crippen LogP contribution < -0.4 is 16.0 Å². The molecule has 2 heterocycles. The van der Waals surface area contributed by atoms with Crippen molar-refractivity contribution in [2.45, 2.75) is 85.9 Å². The number of hydrogen-bond acceptors (Lipinski definition) is 5. The van der Waals surface area contributed by atoms with Gasteiger partial charge >= 0.3 is 0 Å². The summed E-state index contributed by atoms with van der Waals surface area (Å²) in [7, 11) is 0. The van der Waals surface area contributed by atoms with Crippen molar-refractivity contribution in [3.8, 4) is 0 Å². The Balaban J connectivity index is 1.81. The number of likely N-dealkylation sites (tertiary alicyclic amines) is 1. The highest BCUT2D eigenvalue weighted by molar-refractivity contribution is 7.96. The Labute approximate surface area is 219 Å². The lowest BCUT2D eigenvalue weighted by Crippen LogP contribution is -2.60. The molecule has 36 heavy (non-hydrogen) atoms. The number of piperidine rings is 1. The average molecular weight is 523 g/mol. The summed E-state index contributed by atoms with van der Waals surface area (Å²) >= 11 is 3.96.